The minimum atomic E-state index is -5.67. The van der Waals surface area contributed by atoms with Gasteiger partial charge in [-0.1, -0.05) is 25.5 Å². The van der Waals surface area contributed by atoms with Gasteiger partial charge >= 0.3 is 12.1 Å². The highest BCUT2D eigenvalue weighted by atomic mass is 32.2. The van der Waals surface area contributed by atoms with Crippen LogP contribution in [0.4, 0.5) is 22.0 Å². The summed E-state index contributed by atoms with van der Waals surface area (Å²) in [5, 5.41) is 20.3. The third-order valence-electron chi connectivity index (χ3n) is 10.9. The fourth-order valence-corrected chi connectivity index (χ4v) is 10.0. The number of fused-ring (bicyclic) bond motifs is 5. The van der Waals surface area contributed by atoms with Crippen LogP contribution in [0.2, 0.25) is 0 Å². The number of hydrogen-bond donors (Lipinski definition) is 2. The van der Waals surface area contributed by atoms with Gasteiger partial charge in [0.15, 0.2) is 0 Å². The zero-order valence-electron chi connectivity index (χ0n) is 26.3. The lowest BCUT2D eigenvalue weighted by Crippen LogP contribution is -2.43. The molecule has 2 aromatic carbocycles. The molecule has 5 nitrogen and oxygen atoms in total. The number of unbranched alkanes of at least 4 members (excludes halogenated alkanes) is 2. The number of aromatic hydroxyl groups is 1. The topological polar surface area (TPSA) is 83.8 Å². The molecule has 0 aromatic heterocycles. The van der Waals surface area contributed by atoms with Crippen molar-refractivity contribution < 1.29 is 45.3 Å². The van der Waals surface area contributed by atoms with Crippen LogP contribution in [-0.4, -0.2) is 48.8 Å². The number of benzene rings is 2. The second-order valence-corrected chi connectivity index (χ2v) is 16.3. The Morgan fingerprint density at radius 3 is 2.39 bits per heavy atom. The van der Waals surface area contributed by atoms with Crippen molar-refractivity contribution in [2.45, 2.75) is 108 Å². The van der Waals surface area contributed by atoms with Crippen molar-refractivity contribution in [1.29, 1.82) is 0 Å². The molecule has 2 saturated carbocycles. The van der Waals surface area contributed by atoms with Crippen LogP contribution in [0.5, 0.6) is 11.5 Å². The van der Waals surface area contributed by atoms with E-state index in [-0.39, 0.29) is 29.9 Å². The number of aliphatic hydroxyl groups is 1. The Balaban J connectivity index is 1.15. The van der Waals surface area contributed by atoms with Crippen LogP contribution in [0.25, 0.3) is 0 Å². The predicted octanol–water partition coefficient (Wildman–Crippen LogP) is 8.47. The molecule has 2 N–H and O–H groups in total. The molecule has 3 aliphatic rings. The molecule has 11 heteroatoms. The van der Waals surface area contributed by atoms with Crippen molar-refractivity contribution in [3.8, 4) is 11.5 Å². The summed E-state index contributed by atoms with van der Waals surface area (Å²) in [6.07, 6.45) is 0.288. The molecular weight excluding hydrogens is 627 g/mol. The number of aliphatic hydroxyl groups excluding tert-OH is 1. The summed E-state index contributed by atoms with van der Waals surface area (Å²) in [7, 11) is -3.71. The molecule has 0 radical (unpaired) electrons. The minimum Gasteiger partial charge on any atom is -0.508 e. The molecule has 0 aliphatic heterocycles. The van der Waals surface area contributed by atoms with E-state index >= 15 is 0 Å². The van der Waals surface area contributed by atoms with Crippen molar-refractivity contribution in [2.75, 3.05) is 18.1 Å². The maximum Gasteiger partial charge on any atom is 0.453 e. The summed E-state index contributed by atoms with van der Waals surface area (Å²) < 4.78 is 93.0. The SMILES string of the molecule is C[C@@]12CCC[C@H]1[C@@H]1CCc3cc(O)c(CO)cc3[C@H]1[C@@H](c1ccc(OCCCCCS(=O)(=O)CCCC(F)(F)C(F)(F)F)cc1)C2. The Bertz CT molecular complexity index is 1460. The van der Waals surface area contributed by atoms with Gasteiger partial charge in [0.1, 0.15) is 21.3 Å². The molecule has 2 aromatic rings. The maximum atomic E-state index is 13.0. The molecular formula is C35H45F5O5S. The lowest BCUT2D eigenvalue weighted by Gasteiger charge is -2.53. The van der Waals surface area contributed by atoms with Gasteiger partial charge in [0.05, 0.1) is 24.7 Å². The summed E-state index contributed by atoms with van der Waals surface area (Å²) in [5.74, 6) is -3.13. The maximum absolute atomic E-state index is 13.0. The molecule has 0 saturated heterocycles. The van der Waals surface area contributed by atoms with Gasteiger partial charge < -0.3 is 14.9 Å². The molecule has 5 rings (SSSR count). The number of hydrogen-bond acceptors (Lipinski definition) is 5. The van der Waals surface area contributed by atoms with E-state index in [0.717, 1.165) is 19.3 Å². The van der Waals surface area contributed by atoms with Gasteiger partial charge in [-0.15, -0.1) is 0 Å². The number of aryl methyl sites for hydroxylation is 1. The quantitative estimate of drug-likeness (QED) is 0.165. The average molecular weight is 673 g/mol. The van der Waals surface area contributed by atoms with Crippen LogP contribution in [0.3, 0.4) is 0 Å². The molecule has 2 fully saturated rings. The molecule has 5 atom stereocenters. The van der Waals surface area contributed by atoms with E-state index in [0.29, 0.717) is 54.4 Å². The van der Waals surface area contributed by atoms with E-state index in [1.807, 2.05) is 24.3 Å². The number of rotatable bonds is 13. The summed E-state index contributed by atoms with van der Waals surface area (Å²) >= 11 is 0. The van der Waals surface area contributed by atoms with E-state index in [4.69, 9.17) is 4.74 Å². The van der Waals surface area contributed by atoms with E-state index in [9.17, 15) is 40.6 Å². The number of ether oxygens (including phenoxy) is 1. The van der Waals surface area contributed by atoms with Gasteiger partial charge in [0, 0.05) is 12.0 Å². The fourth-order valence-electron chi connectivity index (χ4n) is 8.61. The number of halogens is 5. The number of alkyl halides is 5. The van der Waals surface area contributed by atoms with Crippen molar-refractivity contribution in [1.82, 2.24) is 0 Å². The summed E-state index contributed by atoms with van der Waals surface area (Å²) in [6, 6.07) is 12.1. The van der Waals surface area contributed by atoms with E-state index in [1.165, 1.54) is 36.0 Å². The first-order valence-electron chi connectivity index (χ1n) is 16.5. The van der Waals surface area contributed by atoms with Gasteiger partial charge in [-0.05, 0) is 128 Å². The molecule has 46 heavy (non-hydrogen) atoms. The predicted molar refractivity (Wildman–Crippen MR) is 166 cm³/mol. The second kappa shape index (κ2) is 13.6. The van der Waals surface area contributed by atoms with Gasteiger partial charge in [0.25, 0.3) is 0 Å². The molecule has 0 bridgehead atoms. The lowest BCUT2D eigenvalue weighted by atomic mass is 9.51. The standard InChI is InChI=1S/C35H45F5O5S/c1-33-14-5-7-30(33)27-13-10-24-20-31(42)25(22-41)19-28(24)32(27)29(21-33)23-8-11-26(12-9-23)45-16-3-2-4-17-46(43,44)18-6-15-34(36,37)35(38,39)40/h8-9,11-12,19-20,27,29-30,32,41-42H,2-7,10,13-18,21-22H2,1H3/t27-,29+,30-,32-,33-/m0/s1. The summed E-state index contributed by atoms with van der Waals surface area (Å²) in [5.41, 5.74) is 4.55. The highest BCUT2D eigenvalue weighted by Gasteiger charge is 2.57. The molecule has 0 heterocycles. The molecule has 0 unspecified atom stereocenters. The zero-order chi connectivity index (χ0) is 33.3. The Kier molecular flexibility index (Phi) is 10.3. The highest BCUT2D eigenvalue weighted by molar-refractivity contribution is 7.91. The van der Waals surface area contributed by atoms with Crippen LogP contribution in [0.1, 0.15) is 105 Å². The lowest BCUT2D eigenvalue weighted by molar-refractivity contribution is -0.284. The normalized spacial score (nSPS) is 26.3. The molecule has 256 valence electrons. The summed E-state index contributed by atoms with van der Waals surface area (Å²) in [6.45, 7) is 2.62. The number of phenols is 1. The van der Waals surface area contributed by atoms with Gasteiger partial charge in [0.2, 0.25) is 0 Å². The van der Waals surface area contributed by atoms with Crippen LogP contribution in [-0.2, 0) is 22.9 Å². The smallest absolute Gasteiger partial charge is 0.453 e. The van der Waals surface area contributed by atoms with Crippen molar-refractivity contribution in [2.24, 2.45) is 17.3 Å². The first-order chi connectivity index (χ1) is 21.6. The van der Waals surface area contributed by atoms with E-state index < -0.39 is 40.5 Å². The first kappa shape index (κ1) is 34.9. The fraction of sp³-hybridized carbons (Fsp3) is 0.657. The Hall–Kier alpha value is -2.40. The Morgan fingerprint density at radius 1 is 0.978 bits per heavy atom. The molecule has 0 spiro atoms. The van der Waals surface area contributed by atoms with Gasteiger partial charge in [-0.3, -0.25) is 0 Å². The van der Waals surface area contributed by atoms with Crippen molar-refractivity contribution >= 4 is 9.84 Å². The first-order valence-corrected chi connectivity index (χ1v) is 18.3. The largest absolute Gasteiger partial charge is 0.508 e. The zero-order valence-corrected chi connectivity index (χ0v) is 27.1. The third-order valence-corrected chi connectivity index (χ3v) is 12.7. The Labute approximate surface area is 268 Å². The van der Waals surface area contributed by atoms with E-state index in [2.05, 4.69) is 19.1 Å². The molecule has 3 aliphatic carbocycles. The third kappa shape index (κ3) is 7.50. The van der Waals surface area contributed by atoms with E-state index in [1.54, 1.807) is 0 Å². The van der Waals surface area contributed by atoms with Gasteiger partial charge in [-0.25, -0.2) is 8.42 Å². The number of sulfone groups is 1. The minimum absolute atomic E-state index is 0.160. The monoisotopic (exact) mass is 672 g/mol. The van der Waals surface area contributed by atoms with Crippen LogP contribution in [0.15, 0.2) is 36.4 Å². The average Bonchev–Trinajstić information content (AvgIpc) is 3.39. The highest BCUT2D eigenvalue weighted by Crippen LogP contribution is 2.65. The van der Waals surface area contributed by atoms with Crippen LogP contribution >= 0.6 is 0 Å². The molecule has 0 amide bonds. The van der Waals surface area contributed by atoms with Gasteiger partial charge in [-0.2, -0.15) is 22.0 Å². The van der Waals surface area contributed by atoms with Crippen molar-refractivity contribution in [3.63, 3.8) is 0 Å². The van der Waals surface area contributed by atoms with Crippen LogP contribution in [0, 0.1) is 17.3 Å². The second-order valence-electron chi connectivity index (χ2n) is 14.0. The summed E-state index contributed by atoms with van der Waals surface area (Å²) in [4.78, 5) is 0. The van der Waals surface area contributed by atoms with Crippen LogP contribution < -0.4 is 4.74 Å². The van der Waals surface area contributed by atoms with Crippen molar-refractivity contribution in [3.05, 3.63) is 58.7 Å². The Morgan fingerprint density at radius 2 is 1.70 bits per heavy atom.